The second-order valence-corrected chi connectivity index (χ2v) is 8.62. The molecule has 2 rings (SSSR count). The van der Waals surface area contributed by atoms with Gasteiger partial charge in [-0.1, -0.05) is 0 Å². The molecule has 0 bridgehead atoms. The van der Waals surface area contributed by atoms with E-state index in [1.165, 1.54) is 6.42 Å². The van der Waals surface area contributed by atoms with Crippen LogP contribution in [0.5, 0.6) is 0 Å². The molecule has 0 aromatic heterocycles. The molecule has 2 N–H and O–H groups in total. The third kappa shape index (κ3) is 9.26. The van der Waals surface area contributed by atoms with Crippen LogP contribution in [-0.2, 0) is 4.79 Å². The van der Waals surface area contributed by atoms with Crippen LogP contribution >= 0.6 is 24.0 Å². The first kappa shape index (κ1) is 25.4. The average Bonchev–Trinajstić information content (AvgIpc) is 2.65. The summed E-state index contributed by atoms with van der Waals surface area (Å²) in [5.74, 6) is 1.30. The number of halogens is 1. The summed E-state index contributed by atoms with van der Waals surface area (Å²) in [4.78, 5) is 23.9. The highest BCUT2D eigenvalue weighted by Crippen LogP contribution is 2.10. The molecule has 2 saturated heterocycles. The number of nitrogens with zero attached hydrogens (tertiary/aromatic N) is 4. The minimum Gasteiger partial charge on any atom is -0.357 e. The van der Waals surface area contributed by atoms with E-state index in [-0.39, 0.29) is 29.5 Å². The van der Waals surface area contributed by atoms with Crippen molar-refractivity contribution in [3.63, 3.8) is 0 Å². The molecule has 8 heteroatoms. The molecule has 2 aliphatic rings. The predicted octanol–water partition coefficient (Wildman–Crippen LogP) is 1.59. The van der Waals surface area contributed by atoms with E-state index in [0.717, 1.165) is 77.7 Å². The lowest BCUT2D eigenvalue weighted by Crippen LogP contribution is -2.54. The van der Waals surface area contributed by atoms with Gasteiger partial charge in [0.15, 0.2) is 5.96 Å². The van der Waals surface area contributed by atoms with Crippen molar-refractivity contribution in [2.24, 2.45) is 4.99 Å². The molecule has 28 heavy (non-hydrogen) atoms. The Morgan fingerprint density at radius 2 is 1.61 bits per heavy atom. The van der Waals surface area contributed by atoms with E-state index in [4.69, 9.17) is 4.99 Å². The molecule has 0 radical (unpaired) electrons. The first-order valence-corrected chi connectivity index (χ1v) is 10.7. The minimum absolute atomic E-state index is 0. The Labute approximate surface area is 188 Å². The van der Waals surface area contributed by atoms with Gasteiger partial charge < -0.3 is 20.4 Å². The monoisotopic (exact) mass is 508 g/mol. The van der Waals surface area contributed by atoms with Crippen molar-refractivity contribution in [1.29, 1.82) is 0 Å². The Kier molecular flexibility index (Phi) is 11.7. The summed E-state index contributed by atoms with van der Waals surface area (Å²) in [6.45, 7) is 17.3. The summed E-state index contributed by atoms with van der Waals surface area (Å²) in [7, 11) is 0. The minimum atomic E-state index is 0. The fraction of sp³-hybridized carbons (Fsp3) is 0.900. The molecule has 0 saturated carbocycles. The molecule has 2 aliphatic heterocycles. The van der Waals surface area contributed by atoms with Crippen LogP contribution in [0.15, 0.2) is 4.99 Å². The van der Waals surface area contributed by atoms with Gasteiger partial charge in [0.25, 0.3) is 0 Å². The van der Waals surface area contributed by atoms with Crippen LogP contribution in [0.4, 0.5) is 0 Å². The fourth-order valence-corrected chi connectivity index (χ4v) is 3.57. The predicted molar refractivity (Wildman–Crippen MR) is 128 cm³/mol. The molecular formula is C20H41IN6O. The van der Waals surface area contributed by atoms with Crippen molar-refractivity contribution in [1.82, 2.24) is 25.3 Å². The Bertz CT molecular complexity index is 480. The molecule has 0 aromatic carbocycles. The van der Waals surface area contributed by atoms with E-state index in [2.05, 4.69) is 48.1 Å². The fourth-order valence-electron chi connectivity index (χ4n) is 3.57. The second-order valence-electron chi connectivity index (χ2n) is 8.62. The Balaban J connectivity index is 0.00000392. The van der Waals surface area contributed by atoms with Gasteiger partial charge in [0, 0.05) is 57.9 Å². The number of guanidine groups is 1. The Hall–Kier alpha value is -0.610. The number of piperazine rings is 1. The Morgan fingerprint density at radius 1 is 0.964 bits per heavy atom. The van der Waals surface area contributed by atoms with Crippen LogP contribution in [-0.4, -0.2) is 97.6 Å². The zero-order chi connectivity index (χ0) is 19.7. The first-order chi connectivity index (χ1) is 12.9. The molecule has 0 aromatic rings. The highest BCUT2D eigenvalue weighted by molar-refractivity contribution is 14.0. The molecule has 0 aliphatic carbocycles. The van der Waals surface area contributed by atoms with Crippen LogP contribution < -0.4 is 10.6 Å². The summed E-state index contributed by atoms with van der Waals surface area (Å²) in [5.41, 5.74) is 0.125. The van der Waals surface area contributed by atoms with E-state index in [0.29, 0.717) is 12.5 Å². The van der Waals surface area contributed by atoms with Gasteiger partial charge in [-0.25, -0.2) is 0 Å². The number of carbonyl (C=O) groups excluding carboxylic acids is 1. The molecule has 0 atom stereocenters. The van der Waals surface area contributed by atoms with Gasteiger partial charge in [0.2, 0.25) is 5.91 Å². The average molecular weight is 508 g/mol. The SMILES string of the molecule is CCNC(=NCCNC(C)(C)C)N1CCN(CC(=O)N2CCCCC2)CC1.I. The largest absolute Gasteiger partial charge is 0.357 e. The van der Waals surface area contributed by atoms with Crippen LogP contribution in [0.2, 0.25) is 0 Å². The molecule has 164 valence electrons. The lowest BCUT2D eigenvalue weighted by molar-refractivity contribution is -0.133. The zero-order valence-corrected chi connectivity index (χ0v) is 20.6. The van der Waals surface area contributed by atoms with Gasteiger partial charge >= 0.3 is 0 Å². The number of rotatable bonds is 6. The number of amides is 1. The van der Waals surface area contributed by atoms with Crippen LogP contribution in [0.3, 0.4) is 0 Å². The van der Waals surface area contributed by atoms with E-state index < -0.39 is 0 Å². The number of nitrogens with one attached hydrogen (secondary N) is 2. The topological polar surface area (TPSA) is 63.2 Å². The van der Waals surface area contributed by atoms with Crippen molar-refractivity contribution in [3.8, 4) is 0 Å². The van der Waals surface area contributed by atoms with Gasteiger partial charge in [0.05, 0.1) is 13.1 Å². The number of aliphatic imine (C=N–C) groups is 1. The normalized spacial score (nSPS) is 19.4. The third-order valence-corrected chi connectivity index (χ3v) is 5.10. The maximum absolute atomic E-state index is 12.5. The van der Waals surface area contributed by atoms with Crippen molar-refractivity contribution < 1.29 is 4.79 Å². The number of carbonyl (C=O) groups is 1. The number of likely N-dealkylation sites (tertiary alicyclic amines) is 1. The van der Waals surface area contributed by atoms with Crippen LogP contribution in [0.25, 0.3) is 0 Å². The van der Waals surface area contributed by atoms with Gasteiger partial charge in [-0.3, -0.25) is 14.7 Å². The second kappa shape index (κ2) is 12.8. The zero-order valence-electron chi connectivity index (χ0n) is 18.3. The maximum Gasteiger partial charge on any atom is 0.236 e. The summed E-state index contributed by atoms with van der Waals surface area (Å²) in [5, 5.41) is 6.89. The summed E-state index contributed by atoms with van der Waals surface area (Å²) < 4.78 is 0. The van der Waals surface area contributed by atoms with E-state index in [1.54, 1.807) is 0 Å². The molecule has 0 spiro atoms. The van der Waals surface area contributed by atoms with Crippen molar-refractivity contribution in [2.75, 3.05) is 65.4 Å². The lowest BCUT2D eigenvalue weighted by atomic mass is 10.1. The molecule has 1 amide bonds. The number of hydrogen-bond acceptors (Lipinski definition) is 4. The quantitative estimate of drug-likeness (QED) is 0.247. The highest BCUT2D eigenvalue weighted by Gasteiger charge is 2.24. The van der Waals surface area contributed by atoms with E-state index >= 15 is 0 Å². The van der Waals surface area contributed by atoms with Gasteiger partial charge in [-0.15, -0.1) is 24.0 Å². The summed E-state index contributed by atoms with van der Waals surface area (Å²) in [6, 6.07) is 0. The van der Waals surface area contributed by atoms with E-state index in [9.17, 15) is 4.79 Å². The molecule has 2 heterocycles. The standard InChI is InChI=1S/C20H40N6O.HI/c1-5-21-19(22-9-10-23-20(2,3)4)26-15-13-24(14-16-26)17-18(27)25-11-7-6-8-12-25;/h23H,5-17H2,1-4H3,(H,21,22);1H. The lowest BCUT2D eigenvalue weighted by Gasteiger charge is -2.37. The van der Waals surface area contributed by atoms with E-state index in [1.807, 2.05) is 4.90 Å². The molecule has 2 fully saturated rings. The molecule has 7 nitrogen and oxygen atoms in total. The summed E-state index contributed by atoms with van der Waals surface area (Å²) in [6.07, 6.45) is 3.58. The number of piperidine rings is 1. The molecule has 0 unspecified atom stereocenters. The molecular weight excluding hydrogens is 467 g/mol. The third-order valence-electron chi connectivity index (χ3n) is 5.10. The van der Waals surface area contributed by atoms with Crippen molar-refractivity contribution >= 4 is 35.8 Å². The maximum atomic E-state index is 12.5. The number of hydrogen-bond donors (Lipinski definition) is 2. The summed E-state index contributed by atoms with van der Waals surface area (Å²) >= 11 is 0. The highest BCUT2D eigenvalue weighted by atomic mass is 127. The Morgan fingerprint density at radius 3 is 2.18 bits per heavy atom. The smallest absolute Gasteiger partial charge is 0.236 e. The van der Waals surface area contributed by atoms with Gasteiger partial charge in [-0.05, 0) is 47.0 Å². The first-order valence-electron chi connectivity index (χ1n) is 10.7. The van der Waals surface area contributed by atoms with Gasteiger partial charge in [-0.2, -0.15) is 0 Å². The van der Waals surface area contributed by atoms with Gasteiger partial charge in [0.1, 0.15) is 0 Å². The van der Waals surface area contributed by atoms with Crippen molar-refractivity contribution in [3.05, 3.63) is 0 Å². The van der Waals surface area contributed by atoms with Crippen molar-refractivity contribution in [2.45, 2.75) is 52.5 Å². The van der Waals surface area contributed by atoms with Crippen LogP contribution in [0.1, 0.15) is 47.0 Å². The van der Waals surface area contributed by atoms with Crippen LogP contribution in [0, 0.1) is 0 Å².